The van der Waals surface area contributed by atoms with E-state index in [4.69, 9.17) is 16.3 Å². The minimum atomic E-state index is -0.817. The Kier molecular flexibility index (Phi) is 6.85. The van der Waals surface area contributed by atoms with Crippen LogP contribution in [0, 0.1) is 5.92 Å². The zero-order chi connectivity index (χ0) is 17.5. The quantitative estimate of drug-likeness (QED) is 0.646. The van der Waals surface area contributed by atoms with E-state index in [0.29, 0.717) is 10.9 Å². The van der Waals surface area contributed by atoms with Crippen LogP contribution in [0.1, 0.15) is 45.1 Å². The third kappa shape index (κ3) is 5.38. The predicted molar refractivity (Wildman–Crippen MR) is 95.6 cm³/mol. The third-order valence-electron chi connectivity index (χ3n) is 4.41. The summed E-state index contributed by atoms with van der Waals surface area (Å²) in [6, 6.07) is 7.36. The number of rotatable bonds is 5. The number of hydrogen-bond donors (Lipinski definition) is 1. The van der Waals surface area contributed by atoms with Crippen LogP contribution in [0.25, 0.3) is 6.08 Å². The molecular formula is C19H24ClNO3. The van der Waals surface area contributed by atoms with Gasteiger partial charge >= 0.3 is 5.97 Å². The molecular weight excluding hydrogens is 326 g/mol. The van der Waals surface area contributed by atoms with Crippen molar-refractivity contribution in [1.29, 1.82) is 0 Å². The number of esters is 1. The fourth-order valence-electron chi connectivity index (χ4n) is 2.87. The van der Waals surface area contributed by atoms with E-state index in [2.05, 4.69) is 12.2 Å². The second kappa shape index (κ2) is 8.88. The van der Waals surface area contributed by atoms with Gasteiger partial charge in [0.1, 0.15) is 0 Å². The zero-order valence-electron chi connectivity index (χ0n) is 14.1. The number of halogens is 1. The molecule has 0 unspecified atom stereocenters. The van der Waals surface area contributed by atoms with Gasteiger partial charge in [-0.15, -0.1) is 0 Å². The molecule has 0 bridgehead atoms. The summed E-state index contributed by atoms with van der Waals surface area (Å²) in [5.41, 5.74) is 0.726. The largest absolute Gasteiger partial charge is 0.449 e. The lowest BCUT2D eigenvalue weighted by atomic mass is 9.86. The first-order valence-electron chi connectivity index (χ1n) is 8.41. The van der Waals surface area contributed by atoms with Gasteiger partial charge in [0.15, 0.2) is 6.10 Å². The van der Waals surface area contributed by atoms with E-state index >= 15 is 0 Å². The van der Waals surface area contributed by atoms with E-state index in [1.54, 1.807) is 25.1 Å². The number of benzene rings is 1. The highest BCUT2D eigenvalue weighted by atomic mass is 35.5. The van der Waals surface area contributed by atoms with Gasteiger partial charge in [0, 0.05) is 17.1 Å². The van der Waals surface area contributed by atoms with Crippen LogP contribution in [0.2, 0.25) is 5.02 Å². The maximum Gasteiger partial charge on any atom is 0.331 e. The molecule has 1 fully saturated rings. The number of carbonyl (C=O) groups excluding carboxylic acids is 2. The Morgan fingerprint density at radius 2 is 2.00 bits per heavy atom. The molecule has 0 aliphatic heterocycles. The monoisotopic (exact) mass is 349 g/mol. The maximum atomic E-state index is 12.2. The molecule has 0 aromatic heterocycles. The second-order valence-electron chi connectivity index (χ2n) is 6.31. The van der Waals surface area contributed by atoms with Crippen LogP contribution in [-0.2, 0) is 14.3 Å². The normalized spacial score (nSPS) is 22.1. The topological polar surface area (TPSA) is 55.4 Å². The zero-order valence-corrected chi connectivity index (χ0v) is 14.9. The van der Waals surface area contributed by atoms with Crippen LogP contribution in [0.3, 0.4) is 0 Å². The van der Waals surface area contributed by atoms with Crippen LogP contribution in [0.4, 0.5) is 0 Å². The van der Waals surface area contributed by atoms with Crippen LogP contribution < -0.4 is 5.32 Å². The first kappa shape index (κ1) is 18.5. The van der Waals surface area contributed by atoms with Crippen LogP contribution in [-0.4, -0.2) is 24.0 Å². The Morgan fingerprint density at radius 3 is 2.71 bits per heavy atom. The van der Waals surface area contributed by atoms with E-state index in [9.17, 15) is 9.59 Å². The van der Waals surface area contributed by atoms with Crippen molar-refractivity contribution < 1.29 is 14.3 Å². The predicted octanol–water partition coefficient (Wildman–Crippen LogP) is 3.98. The summed E-state index contributed by atoms with van der Waals surface area (Å²) in [5.74, 6) is -0.340. The van der Waals surface area contributed by atoms with Gasteiger partial charge in [-0.25, -0.2) is 4.79 Å². The van der Waals surface area contributed by atoms with Crippen molar-refractivity contribution in [3.8, 4) is 0 Å². The lowest BCUT2D eigenvalue weighted by Crippen LogP contribution is -2.45. The first-order valence-corrected chi connectivity index (χ1v) is 8.78. The summed E-state index contributed by atoms with van der Waals surface area (Å²) in [6.45, 7) is 3.73. The standard InChI is InChI=1S/C19H24ClNO3/c1-13-7-3-6-10-17(13)21-19(23)14(2)24-18(22)12-11-15-8-4-5-9-16(15)20/h4-5,8-9,11-14,17H,3,6-7,10H2,1-2H3,(H,21,23)/b12-11+/t13-,14+,17-/m1/s1. The average Bonchev–Trinajstić information content (AvgIpc) is 2.56. The van der Waals surface area contributed by atoms with E-state index in [-0.39, 0.29) is 11.9 Å². The number of nitrogens with one attached hydrogen (secondary N) is 1. The van der Waals surface area contributed by atoms with Crippen molar-refractivity contribution in [2.24, 2.45) is 5.92 Å². The lowest BCUT2D eigenvalue weighted by Gasteiger charge is -2.30. The number of ether oxygens (including phenoxy) is 1. The number of hydrogen-bond acceptors (Lipinski definition) is 3. The molecule has 1 aliphatic rings. The highest BCUT2D eigenvalue weighted by molar-refractivity contribution is 6.32. The SMILES string of the molecule is C[C@H](OC(=O)/C=C/c1ccccc1Cl)C(=O)N[C@@H]1CCCC[C@H]1C. The molecule has 2 rings (SSSR count). The number of carbonyl (C=O) groups is 2. The minimum absolute atomic E-state index is 0.172. The van der Waals surface area contributed by atoms with Crippen molar-refractivity contribution in [2.45, 2.75) is 51.7 Å². The van der Waals surface area contributed by atoms with E-state index in [1.807, 2.05) is 12.1 Å². The molecule has 130 valence electrons. The van der Waals surface area contributed by atoms with Gasteiger partial charge in [0.2, 0.25) is 0 Å². The molecule has 3 atom stereocenters. The Bertz CT molecular complexity index is 614. The van der Waals surface area contributed by atoms with Crippen molar-refractivity contribution in [1.82, 2.24) is 5.32 Å². The molecule has 1 aromatic rings. The van der Waals surface area contributed by atoms with Gasteiger partial charge in [-0.1, -0.05) is 49.6 Å². The van der Waals surface area contributed by atoms with Crippen LogP contribution >= 0.6 is 11.6 Å². The fraction of sp³-hybridized carbons (Fsp3) is 0.474. The van der Waals surface area contributed by atoms with E-state index in [1.165, 1.54) is 12.5 Å². The highest BCUT2D eigenvalue weighted by Crippen LogP contribution is 2.23. The molecule has 1 N–H and O–H groups in total. The summed E-state index contributed by atoms with van der Waals surface area (Å²) in [5, 5.41) is 3.55. The summed E-state index contributed by atoms with van der Waals surface area (Å²) < 4.78 is 5.17. The molecule has 0 spiro atoms. The summed E-state index contributed by atoms with van der Waals surface area (Å²) >= 11 is 6.02. The summed E-state index contributed by atoms with van der Waals surface area (Å²) in [4.78, 5) is 24.1. The third-order valence-corrected chi connectivity index (χ3v) is 4.75. The minimum Gasteiger partial charge on any atom is -0.449 e. The smallest absolute Gasteiger partial charge is 0.331 e. The Labute approximate surface area is 148 Å². The van der Waals surface area contributed by atoms with Gasteiger partial charge < -0.3 is 10.1 Å². The maximum absolute atomic E-state index is 12.2. The van der Waals surface area contributed by atoms with Crippen molar-refractivity contribution in [2.75, 3.05) is 0 Å². The second-order valence-corrected chi connectivity index (χ2v) is 6.72. The van der Waals surface area contributed by atoms with E-state index < -0.39 is 12.1 Å². The fourth-order valence-corrected chi connectivity index (χ4v) is 3.06. The molecule has 0 radical (unpaired) electrons. The van der Waals surface area contributed by atoms with Crippen LogP contribution in [0.15, 0.2) is 30.3 Å². The molecule has 24 heavy (non-hydrogen) atoms. The molecule has 1 saturated carbocycles. The summed E-state index contributed by atoms with van der Waals surface area (Å²) in [7, 11) is 0. The average molecular weight is 350 g/mol. The lowest BCUT2D eigenvalue weighted by molar-refractivity contribution is -0.150. The van der Waals surface area contributed by atoms with Gasteiger partial charge in [-0.3, -0.25) is 4.79 Å². The van der Waals surface area contributed by atoms with Gasteiger partial charge in [0.25, 0.3) is 5.91 Å². The molecule has 5 heteroatoms. The van der Waals surface area contributed by atoms with E-state index in [0.717, 1.165) is 24.8 Å². The summed E-state index contributed by atoms with van der Waals surface area (Å²) in [6.07, 6.45) is 6.50. The molecule has 1 aliphatic carbocycles. The van der Waals surface area contributed by atoms with Crippen molar-refractivity contribution in [3.63, 3.8) is 0 Å². The first-order chi connectivity index (χ1) is 11.5. The molecule has 0 saturated heterocycles. The Hall–Kier alpha value is -1.81. The van der Waals surface area contributed by atoms with Gasteiger partial charge in [0.05, 0.1) is 0 Å². The Morgan fingerprint density at radius 1 is 1.29 bits per heavy atom. The number of amides is 1. The van der Waals surface area contributed by atoms with Crippen LogP contribution in [0.5, 0.6) is 0 Å². The van der Waals surface area contributed by atoms with Crippen molar-refractivity contribution in [3.05, 3.63) is 40.9 Å². The molecule has 1 amide bonds. The molecule has 1 aromatic carbocycles. The molecule has 0 heterocycles. The van der Waals surface area contributed by atoms with Crippen molar-refractivity contribution >= 4 is 29.6 Å². The molecule has 4 nitrogen and oxygen atoms in total. The highest BCUT2D eigenvalue weighted by Gasteiger charge is 2.25. The van der Waals surface area contributed by atoms with Gasteiger partial charge in [-0.05, 0) is 43.4 Å². The van der Waals surface area contributed by atoms with Gasteiger partial charge in [-0.2, -0.15) is 0 Å². The Balaban J connectivity index is 1.84.